The van der Waals surface area contributed by atoms with Crippen molar-refractivity contribution in [2.24, 2.45) is 0 Å². The molecule has 1 aliphatic rings. The zero-order valence-electron chi connectivity index (χ0n) is 15.4. The van der Waals surface area contributed by atoms with Crippen molar-refractivity contribution in [1.82, 2.24) is 14.5 Å². The van der Waals surface area contributed by atoms with Crippen LogP contribution in [-0.4, -0.2) is 40.0 Å². The number of nitrogens with two attached hydrogens (primary N) is 1. The molecule has 1 aliphatic heterocycles. The number of alkyl halides is 1. The van der Waals surface area contributed by atoms with Crippen LogP contribution in [0.5, 0.6) is 5.88 Å². The number of nitrogen functional groups attached to an aromatic ring is 1. The molecular weight excluding hydrogens is 366 g/mol. The maximum atomic E-state index is 13.0. The summed E-state index contributed by atoms with van der Waals surface area (Å²) in [5.41, 5.74) is 8.08. The Morgan fingerprint density at radius 3 is 2.85 bits per heavy atom. The molecule has 0 atom stereocenters. The fourth-order valence-corrected chi connectivity index (χ4v) is 3.20. The minimum Gasteiger partial charge on any atom is -0.475 e. The number of rotatable bonds is 3. The number of carbonyl (C=O) groups excluding carboxylic acids is 1. The monoisotopic (exact) mass is 387 g/mol. The van der Waals surface area contributed by atoms with Crippen molar-refractivity contribution in [2.45, 2.75) is 19.9 Å². The maximum Gasteiger partial charge on any atom is 0.267 e. The number of aryl methyl sites for hydroxylation is 1. The second-order valence-electron chi connectivity index (χ2n) is 6.00. The van der Waals surface area contributed by atoms with Gasteiger partial charge in [0.1, 0.15) is 24.3 Å². The highest BCUT2D eigenvalue weighted by molar-refractivity contribution is 6.15. The van der Waals surface area contributed by atoms with Crippen LogP contribution < -0.4 is 15.4 Å². The van der Waals surface area contributed by atoms with Crippen LogP contribution in [0.25, 0.3) is 10.9 Å². The van der Waals surface area contributed by atoms with Gasteiger partial charge in [-0.2, -0.15) is 0 Å². The quantitative estimate of drug-likeness (QED) is 0.696. The first-order valence-electron chi connectivity index (χ1n) is 8.71. The van der Waals surface area contributed by atoms with Crippen molar-refractivity contribution in [2.75, 3.05) is 30.2 Å². The molecular formula is C19H22ClN5O2. The van der Waals surface area contributed by atoms with E-state index in [1.807, 2.05) is 18.2 Å². The van der Waals surface area contributed by atoms with Gasteiger partial charge in [0.2, 0.25) is 5.88 Å². The summed E-state index contributed by atoms with van der Waals surface area (Å²) in [6, 6.07) is 8.09. The van der Waals surface area contributed by atoms with E-state index in [0.717, 1.165) is 29.6 Å². The van der Waals surface area contributed by atoms with Gasteiger partial charge in [-0.3, -0.25) is 4.79 Å². The zero-order chi connectivity index (χ0) is 19.4. The number of amides is 1. The van der Waals surface area contributed by atoms with Crippen LogP contribution in [-0.2, 0) is 6.54 Å². The first-order valence-corrected chi connectivity index (χ1v) is 9.46. The van der Waals surface area contributed by atoms with Gasteiger partial charge in [0.25, 0.3) is 5.91 Å². The lowest BCUT2D eigenvalue weighted by molar-refractivity contribution is 0.0990. The number of ether oxygens (including phenoxy) is 1. The van der Waals surface area contributed by atoms with Gasteiger partial charge in [-0.1, -0.05) is 6.92 Å². The SMILES string of the molecule is CCCn1ccc2cc(N3CCOc4ncnc(N)c4C3=O)ccc21.CCl. The molecule has 0 aliphatic carbocycles. The molecule has 1 amide bonds. The largest absolute Gasteiger partial charge is 0.475 e. The Labute approximate surface area is 162 Å². The molecule has 0 radical (unpaired) electrons. The molecule has 0 unspecified atom stereocenters. The number of benzene rings is 1. The number of carbonyl (C=O) groups is 1. The molecule has 8 heteroatoms. The molecule has 142 valence electrons. The molecule has 7 nitrogen and oxygen atoms in total. The molecule has 3 aromatic rings. The van der Waals surface area contributed by atoms with Gasteiger partial charge in [-0.15, -0.1) is 11.6 Å². The van der Waals surface area contributed by atoms with Gasteiger partial charge in [-0.05, 0) is 30.7 Å². The number of nitrogens with zero attached hydrogens (tertiary/aromatic N) is 4. The number of fused-ring (bicyclic) bond motifs is 2. The second kappa shape index (κ2) is 8.26. The Morgan fingerprint density at radius 1 is 1.26 bits per heavy atom. The lowest BCUT2D eigenvalue weighted by Crippen LogP contribution is -2.32. The van der Waals surface area contributed by atoms with Gasteiger partial charge in [0.15, 0.2) is 0 Å². The molecule has 0 spiro atoms. The Hall–Kier alpha value is -2.80. The number of hydrogen-bond acceptors (Lipinski definition) is 5. The van der Waals surface area contributed by atoms with Crippen molar-refractivity contribution in [3.63, 3.8) is 0 Å². The number of halogens is 1. The second-order valence-corrected chi connectivity index (χ2v) is 6.00. The normalized spacial score (nSPS) is 13.4. The molecule has 4 rings (SSSR count). The third-order valence-corrected chi connectivity index (χ3v) is 4.39. The molecule has 0 saturated carbocycles. The van der Waals surface area contributed by atoms with E-state index in [1.165, 1.54) is 12.7 Å². The fraction of sp³-hybridized carbons (Fsp3) is 0.316. The molecule has 27 heavy (non-hydrogen) atoms. The van der Waals surface area contributed by atoms with Crippen molar-refractivity contribution < 1.29 is 9.53 Å². The predicted molar refractivity (Wildman–Crippen MR) is 108 cm³/mol. The van der Waals surface area contributed by atoms with E-state index < -0.39 is 0 Å². The average Bonchev–Trinajstić information content (AvgIpc) is 3.00. The Morgan fingerprint density at radius 2 is 2.07 bits per heavy atom. The van der Waals surface area contributed by atoms with Gasteiger partial charge >= 0.3 is 0 Å². The minimum atomic E-state index is -0.238. The van der Waals surface area contributed by atoms with Crippen molar-refractivity contribution in [1.29, 1.82) is 0 Å². The van der Waals surface area contributed by atoms with E-state index in [4.69, 9.17) is 10.5 Å². The lowest BCUT2D eigenvalue weighted by atomic mass is 10.2. The molecule has 0 saturated heterocycles. The third kappa shape index (κ3) is 3.55. The Kier molecular flexibility index (Phi) is 5.81. The van der Waals surface area contributed by atoms with Crippen LogP contribution >= 0.6 is 11.6 Å². The van der Waals surface area contributed by atoms with Crippen molar-refractivity contribution in [3.05, 3.63) is 42.4 Å². The number of aromatic nitrogens is 3. The summed E-state index contributed by atoms with van der Waals surface area (Å²) in [5, 5.41) is 1.10. The Bertz CT molecular complexity index is 956. The predicted octanol–water partition coefficient (Wildman–Crippen LogP) is 3.32. The summed E-state index contributed by atoms with van der Waals surface area (Å²) < 4.78 is 7.79. The van der Waals surface area contributed by atoms with Crippen LogP contribution in [0.15, 0.2) is 36.8 Å². The summed E-state index contributed by atoms with van der Waals surface area (Å²) in [7, 11) is 0. The summed E-state index contributed by atoms with van der Waals surface area (Å²) in [6.45, 7) is 3.90. The lowest BCUT2D eigenvalue weighted by Gasteiger charge is -2.20. The maximum absolute atomic E-state index is 13.0. The average molecular weight is 388 g/mol. The smallest absolute Gasteiger partial charge is 0.267 e. The molecule has 2 N–H and O–H groups in total. The number of hydrogen-bond donors (Lipinski definition) is 1. The van der Waals surface area contributed by atoms with Gasteiger partial charge in [0, 0.05) is 35.7 Å². The van der Waals surface area contributed by atoms with Gasteiger partial charge in [0.05, 0.1) is 6.54 Å². The van der Waals surface area contributed by atoms with E-state index in [0.29, 0.717) is 13.2 Å². The topological polar surface area (TPSA) is 86.3 Å². The summed E-state index contributed by atoms with van der Waals surface area (Å²) >= 11 is 4.64. The fourth-order valence-electron chi connectivity index (χ4n) is 3.20. The zero-order valence-corrected chi connectivity index (χ0v) is 16.1. The Balaban J connectivity index is 0.00000102. The van der Waals surface area contributed by atoms with Gasteiger partial charge < -0.3 is 19.9 Å². The van der Waals surface area contributed by atoms with Crippen molar-refractivity contribution >= 4 is 39.9 Å². The highest BCUT2D eigenvalue weighted by Crippen LogP contribution is 2.29. The standard InChI is InChI=1S/C18H19N5O2.CH3Cl/c1-2-6-22-7-5-12-10-13(3-4-14(12)22)23-8-9-25-17-15(18(23)24)16(19)20-11-21-17;1-2/h3-5,7,10-11H,2,6,8-9H2,1H3,(H2,19,20,21);1H3. The molecule has 0 fully saturated rings. The van der Waals surface area contributed by atoms with E-state index in [2.05, 4.69) is 45.3 Å². The third-order valence-electron chi connectivity index (χ3n) is 4.39. The molecule has 2 aromatic heterocycles. The molecule has 3 heterocycles. The highest BCUT2D eigenvalue weighted by Gasteiger charge is 2.28. The van der Waals surface area contributed by atoms with Crippen LogP contribution in [0.4, 0.5) is 11.5 Å². The highest BCUT2D eigenvalue weighted by atomic mass is 35.5. The number of anilines is 2. The van der Waals surface area contributed by atoms with E-state index in [-0.39, 0.29) is 23.2 Å². The van der Waals surface area contributed by atoms with Crippen molar-refractivity contribution in [3.8, 4) is 5.88 Å². The van der Waals surface area contributed by atoms with Gasteiger partial charge in [-0.25, -0.2) is 9.97 Å². The van der Waals surface area contributed by atoms with Crippen LogP contribution in [0, 0.1) is 0 Å². The molecule has 1 aromatic carbocycles. The van der Waals surface area contributed by atoms with E-state index >= 15 is 0 Å². The van der Waals surface area contributed by atoms with E-state index in [9.17, 15) is 4.79 Å². The summed E-state index contributed by atoms with van der Waals surface area (Å²) in [5.74, 6) is 0.144. The van der Waals surface area contributed by atoms with Crippen LogP contribution in [0.3, 0.4) is 0 Å². The summed E-state index contributed by atoms with van der Waals surface area (Å²) in [4.78, 5) is 22.6. The van der Waals surface area contributed by atoms with E-state index in [1.54, 1.807) is 4.90 Å². The molecule has 0 bridgehead atoms. The van der Waals surface area contributed by atoms with Crippen LogP contribution in [0.1, 0.15) is 23.7 Å². The first-order chi connectivity index (χ1) is 13.2. The van der Waals surface area contributed by atoms with Crippen LogP contribution in [0.2, 0.25) is 0 Å². The first kappa shape index (κ1) is 19.0. The minimum absolute atomic E-state index is 0.136. The summed E-state index contributed by atoms with van der Waals surface area (Å²) in [6.07, 6.45) is 5.93.